The Hall–Kier alpha value is -3.08. The van der Waals surface area contributed by atoms with Gasteiger partial charge in [0.05, 0.1) is 0 Å². The molecule has 1 N–H and O–H groups in total. The first kappa shape index (κ1) is 16.3. The number of esters is 1. The highest BCUT2D eigenvalue weighted by atomic mass is 16.5. The SMILES string of the molecule is C=CCN(C(=O)COC(=O)c1ccccc1O)c1ccccc1. The Labute approximate surface area is 134 Å². The van der Waals surface area contributed by atoms with Gasteiger partial charge in [-0.2, -0.15) is 0 Å². The number of hydrogen-bond donors (Lipinski definition) is 1. The second-order valence-electron chi connectivity index (χ2n) is 4.72. The van der Waals surface area contributed by atoms with Gasteiger partial charge in [-0.3, -0.25) is 4.79 Å². The zero-order valence-electron chi connectivity index (χ0n) is 12.5. The number of amides is 1. The number of carbonyl (C=O) groups is 2. The molecule has 0 spiro atoms. The lowest BCUT2D eigenvalue weighted by molar-refractivity contribution is -0.121. The van der Waals surface area contributed by atoms with Gasteiger partial charge in [0.2, 0.25) is 0 Å². The van der Waals surface area contributed by atoms with Crippen LogP contribution in [-0.4, -0.2) is 30.1 Å². The van der Waals surface area contributed by atoms with Crippen molar-refractivity contribution >= 4 is 17.6 Å². The number of rotatable bonds is 6. The average molecular weight is 311 g/mol. The lowest BCUT2D eigenvalue weighted by atomic mass is 10.2. The van der Waals surface area contributed by atoms with E-state index in [1.165, 1.54) is 17.0 Å². The quantitative estimate of drug-likeness (QED) is 0.658. The molecule has 2 rings (SSSR count). The molecular formula is C18H17NO4. The standard InChI is InChI=1S/C18H17NO4/c1-2-12-19(14-8-4-3-5-9-14)17(21)13-23-18(22)15-10-6-7-11-16(15)20/h2-11,20H,1,12-13H2. The maximum absolute atomic E-state index is 12.3. The van der Waals surface area contributed by atoms with Crippen molar-refractivity contribution in [2.24, 2.45) is 0 Å². The van der Waals surface area contributed by atoms with E-state index in [-0.39, 0.29) is 17.2 Å². The smallest absolute Gasteiger partial charge is 0.342 e. The molecule has 0 aromatic heterocycles. The largest absolute Gasteiger partial charge is 0.507 e. The molecule has 2 aromatic carbocycles. The lowest BCUT2D eigenvalue weighted by Crippen LogP contribution is -2.34. The van der Waals surface area contributed by atoms with Gasteiger partial charge in [-0.05, 0) is 24.3 Å². The molecule has 118 valence electrons. The third kappa shape index (κ3) is 4.20. The number of para-hydroxylation sites is 2. The van der Waals surface area contributed by atoms with Crippen LogP contribution in [0.2, 0.25) is 0 Å². The topological polar surface area (TPSA) is 66.8 Å². The minimum absolute atomic E-state index is 0.0234. The second kappa shape index (κ2) is 7.79. The number of anilines is 1. The van der Waals surface area contributed by atoms with E-state index in [1.807, 2.05) is 18.2 Å². The van der Waals surface area contributed by atoms with Crippen LogP contribution >= 0.6 is 0 Å². The molecule has 5 heteroatoms. The summed E-state index contributed by atoms with van der Waals surface area (Å²) in [6, 6.07) is 15.0. The molecule has 0 heterocycles. The number of aromatic hydroxyl groups is 1. The fourth-order valence-corrected chi connectivity index (χ4v) is 2.02. The summed E-state index contributed by atoms with van der Waals surface area (Å²) in [5.74, 6) is -1.31. The summed E-state index contributed by atoms with van der Waals surface area (Å²) in [4.78, 5) is 25.7. The van der Waals surface area contributed by atoms with Crippen molar-refractivity contribution in [3.05, 3.63) is 72.8 Å². The van der Waals surface area contributed by atoms with Crippen molar-refractivity contribution in [2.75, 3.05) is 18.1 Å². The van der Waals surface area contributed by atoms with Crippen LogP contribution in [0.1, 0.15) is 10.4 Å². The predicted octanol–water partition coefficient (Wildman–Crippen LogP) is 2.77. The number of ether oxygens (including phenoxy) is 1. The molecule has 2 aromatic rings. The third-order valence-electron chi connectivity index (χ3n) is 3.13. The molecule has 0 aliphatic carbocycles. The molecule has 0 saturated carbocycles. The number of phenolic OH excluding ortho intramolecular Hbond substituents is 1. The van der Waals surface area contributed by atoms with Gasteiger partial charge in [-0.1, -0.05) is 36.4 Å². The molecule has 0 atom stereocenters. The van der Waals surface area contributed by atoms with Gasteiger partial charge in [0.25, 0.3) is 5.91 Å². The maximum atomic E-state index is 12.3. The van der Waals surface area contributed by atoms with Crippen LogP contribution in [0.4, 0.5) is 5.69 Å². The predicted molar refractivity (Wildman–Crippen MR) is 87.4 cm³/mol. The monoisotopic (exact) mass is 311 g/mol. The summed E-state index contributed by atoms with van der Waals surface area (Å²) >= 11 is 0. The first-order valence-electron chi connectivity index (χ1n) is 7.05. The number of benzene rings is 2. The summed E-state index contributed by atoms with van der Waals surface area (Å²) in [6.45, 7) is 3.51. The summed E-state index contributed by atoms with van der Waals surface area (Å²) < 4.78 is 5.00. The molecule has 1 amide bonds. The molecule has 23 heavy (non-hydrogen) atoms. The average Bonchev–Trinajstić information content (AvgIpc) is 2.58. The fraction of sp³-hybridized carbons (Fsp3) is 0.111. The minimum atomic E-state index is -0.747. The first-order valence-corrected chi connectivity index (χ1v) is 7.05. The Morgan fingerprint density at radius 2 is 1.74 bits per heavy atom. The van der Waals surface area contributed by atoms with Crippen molar-refractivity contribution in [3.8, 4) is 5.75 Å². The van der Waals surface area contributed by atoms with Crippen molar-refractivity contribution in [1.82, 2.24) is 0 Å². The van der Waals surface area contributed by atoms with Crippen molar-refractivity contribution in [3.63, 3.8) is 0 Å². The molecule has 0 aliphatic rings. The number of hydrogen-bond acceptors (Lipinski definition) is 4. The summed E-state index contributed by atoms with van der Waals surface area (Å²) in [7, 11) is 0. The minimum Gasteiger partial charge on any atom is -0.507 e. The van der Waals surface area contributed by atoms with Crippen LogP contribution in [0.3, 0.4) is 0 Å². The number of carbonyl (C=O) groups excluding carboxylic acids is 2. The van der Waals surface area contributed by atoms with Gasteiger partial charge in [-0.15, -0.1) is 6.58 Å². The van der Waals surface area contributed by atoms with Crippen LogP contribution in [-0.2, 0) is 9.53 Å². The van der Waals surface area contributed by atoms with Crippen LogP contribution in [0.25, 0.3) is 0 Å². The summed E-state index contributed by atoms with van der Waals surface area (Å²) in [5, 5.41) is 9.61. The molecule has 5 nitrogen and oxygen atoms in total. The Morgan fingerprint density at radius 1 is 1.09 bits per heavy atom. The summed E-state index contributed by atoms with van der Waals surface area (Å²) in [6.07, 6.45) is 1.59. The molecule has 0 saturated heterocycles. The van der Waals surface area contributed by atoms with Crippen molar-refractivity contribution in [1.29, 1.82) is 0 Å². The third-order valence-corrected chi connectivity index (χ3v) is 3.13. The van der Waals surface area contributed by atoms with Gasteiger partial charge >= 0.3 is 5.97 Å². The van der Waals surface area contributed by atoms with E-state index in [2.05, 4.69) is 6.58 Å². The Balaban J connectivity index is 2.04. The zero-order valence-corrected chi connectivity index (χ0v) is 12.5. The van der Waals surface area contributed by atoms with Gasteiger partial charge in [0, 0.05) is 12.2 Å². The zero-order chi connectivity index (χ0) is 16.7. The van der Waals surface area contributed by atoms with E-state index in [0.717, 1.165) is 0 Å². The molecule has 0 unspecified atom stereocenters. The fourth-order valence-electron chi connectivity index (χ4n) is 2.02. The second-order valence-corrected chi connectivity index (χ2v) is 4.72. The van der Waals surface area contributed by atoms with Gasteiger partial charge in [-0.25, -0.2) is 4.79 Å². The van der Waals surface area contributed by atoms with Crippen LogP contribution < -0.4 is 4.90 Å². The van der Waals surface area contributed by atoms with E-state index in [4.69, 9.17) is 4.74 Å². The van der Waals surface area contributed by atoms with Gasteiger partial charge in [0.1, 0.15) is 11.3 Å². The highest BCUT2D eigenvalue weighted by Crippen LogP contribution is 2.17. The van der Waals surface area contributed by atoms with E-state index >= 15 is 0 Å². The molecular weight excluding hydrogens is 294 g/mol. The Bertz CT molecular complexity index is 697. The maximum Gasteiger partial charge on any atom is 0.342 e. The lowest BCUT2D eigenvalue weighted by Gasteiger charge is -2.21. The first-order chi connectivity index (χ1) is 11.1. The molecule has 0 aliphatic heterocycles. The molecule has 0 radical (unpaired) electrons. The number of phenols is 1. The van der Waals surface area contributed by atoms with E-state index in [9.17, 15) is 14.7 Å². The summed E-state index contributed by atoms with van der Waals surface area (Å²) in [5.41, 5.74) is 0.714. The Kier molecular flexibility index (Phi) is 5.52. The Morgan fingerprint density at radius 3 is 2.39 bits per heavy atom. The van der Waals surface area contributed by atoms with Crippen molar-refractivity contribution < 1.29 is 19.4 Å². The van der Waals surface area contributed by atoms with Gasteiger partial charge < -0.3 is 14.7 Å². The van der Waals surface area contributed by atoms with Crippen LogP contribution in [0, 0.1) is 0 Å². The normalized spacial score (nSPS) is 9.91. The number of nitrogens with zero attached hydrogens (tertiary/aromatic N) is 1. The van der Waals surface area contributed by atoms with E-state index in [0.29, 0.717) is 12.2 Å². The van der Waals surface area contributed by atoms with Crippen molar-refractivity contribution in [2.45, 2.75) is 0 Å². The molecule has 0 bridgehead atoms. The van der Waals surface area contributed by atoms with E-state index < -0.39 is 12.6 Å². The van der Waals surface area contributed by atoms with E-state index in [1.54, 1.807) is 30.3 Å². The highest BCUT2D eigenvalue weighted by Gasteiger charge is 2.18. The van der Waals surface area contributed by atoms with Crippen LogP contribution in [0.15, 0.2) is 67.3 Å². The highest BCUT2D eigenvalue weighted by molar-refractivity contribution is 5.98. The molecule has 0 fully saturated rings. The van der Waals surface area contributed by atoms with Gasteiger partial charge in [0.15, 0.2) is 6.61 Å². The van der Waals surface area contributed by atoms with Crippen LogP contribution in [0.5, 0.6) is 5.75 Å².